The van der Waals surface area contributed by atoms with Crippen molar-refractivity contribution in [2.24, 2.45) is 5.92 Å². The Morgan fingerprint density at radius 3 is 2.12 bits per heavy atom. The van der Waals surface area contributed by atoms with Gasteiger partial charge in [-0.05, 0) is 48.4 Å². The molecule has 40 heavy (non-hydrogen) atoms. The number of methoxy groups -OCH3 is 1. The van der Waals surface area contributed by atoms with E-state index in [2.05, 4.69) is 25.8 Å². The number of para-hydroxylation sites is 2. The van der Waals surface area contributed by atoms with E-state index in [4.69, 9.17) is 4.74 Å². The lowest BCUT2D eigenvalue weighted by atomic mass is 10.1. The van der Waals surface area contributed by atoms with Crippen LogP contribution in [-0.4, -0.2) is 56.7 Å². The number of non-ortho nitro benzene ring substituents is 1. The van der Waals surface area contributed by atoms with Gasteiger partial charge >= 0.3 is 6.03 Å². The van der Waals surface area contributed by atoms with E-state index >= 15 is 0 Å². The Morgan fingerprint density at radius 1 is 0.900 bits per heavy atom. The highest BCUT2D eigenvalue weighted by atomic mass is 16.6. The molecule has 4 rings (SSSR count). The fourth-order valence-electron chi connectivity index (χ4n) is 4.50. The Bertz CT molecular complexity index is 1350. The number of amides is 3. The number of anilines is 4. The molecular formula is C29H34N6O5. The molecule has 0 aromatic heterocycles. The van der Waals surface area contributed by atoms with Crippen LogP contribution in [0.15, 0.2) is 66.7 Å². The minimum atomic E-state index is -0.527. The van der Waals surface area contributed by atoms with E-state index in [1.807, 2.05) is 44.2 Å². The lowest BCUT2D eigenvalue weighted by Crippen LogP contribution is -2.47. The zero-order valence-electron chi connectivity index (χ0n) is 22.8. The van der Waals surface area contributed by atoms with Gasteiger partial charge in [-0.3, -0.25) is 14.9 Å². The molecule has 210 valence electrons. The molecule has 0 spiro atoms. The van der Waals surface area contributed by atoms with Crippen LogP contribution in [0.3, 0.4) is 0 Å². The first-order valence-corrected chi connectivity index (χ1v) is 13.1. The number of benzene rings is 3. The number of nitro groups is 1. The minimum absolute atomic E-state index is 0.0673. The molecule has 0 aliphatic carbocycles. The molecule has 3 aromatic rings. The number of ether oxygens (including phenoxy) is 1. The minimum Gasteiger partial charge on any atom is -0.495 e. The molecule has 0 atom stereocenters. The molecule has 0 saturated carbocycles. The second kappa shape index (κ2) is 12.8. The summed E-state index contributed by atoms with van der Waals surface area (Å²) < 4.78 is 5.53. The SMILES string of the molecule is COc1ccccc1N1CCN(c2ccc(NC(=O)Nc3ccc([N+](=O)[O-])cc3)cc2C(=O)NCC(C)C)CC1. The van der Waals surface area contributed by atoms with Gasteiger partial charge in [0.1, 0.15) is 5.75 Å². The molecule has 3 aromatic carbocycles. The number of rotatable bonds is 9. The van der Waals surface area contributed by atoms with Crippen LogP contribution in [-0.2, 0) is 0 Å². The topological polar surface area (TPSA) is 129 Å². The molecule has 1 aliphatic rings. The summed E-state index contributed by atoms with van der Waals surface area (Å²) in [4.78, 5) is 40.7. The van der Waals surface area contributed by atoms with Crippen LogP contribution in [0.5, 0.6) is 5.75 Å². The quantitative estimate of drug-likeness (QED) is 0.256. The summed E-state index contributed by atoms with van der Waals surface area (Å²) in [6.07, 6.45) is 0. The Balaban J connectivity index is 1.49. The van der Waals surface area contributed by atoms with Crippen LogP contribution >= 0.6 is 0 Å². The molecule has 1 saturated heterocycles. The summed E-state index contributed by atoms with van der Waals surface area (Å²) in [5.41, 5.74) is 3.09. The van der Waals surface area contributed by atoms with E-state index < -0.39 is 11.0 Å². The number of hydrogen-bond donors (Lipinski definition) is 3. The maximum absolute atomic E-state index is 13.2. The third-order valence-corrected chi connectivity index (χ3v) is 6.55. The summed E-state index contributed by atoms with van der Waals surface area (Å²) in [5, 5.41) is 19.3. The first-order chi connectivity index (χ1) is 19.2. The molecule has 11 heteroatoms. The van der Waals surface area contributed by atoms with Gasteiger partial charge in [-0.2, -0.15) is 0 Å². The zero-order chi connectivity index (χ0) is 28.6. The van der Waals surface area contributed by atoms with Gasteiger partial charge in [0.05, 0.1) is 23.3 Å². The smallest absolute Gasteiger partial charge is 0.323 e. The molecule has 11 nitrogen and oxygen atoms in total. The number of piperazine rings is 1. The molecule has 0 unspecified atom stereocenters. The summed E-state index contributed by atoms with van der Waals surface area (Å²) >= 11 is 0. The van der Waals surface area contributed by atoms with Gasteiger partial charge < -0.3 is 30.5 Å². The highest BCUT2D eigenvalue weighted by Gasteiger charge is 2.24. The zero-order valence-corrected chi connectivity index (χ0v) is 22.8. The number of carbonyl (C=O) groups is 2. The average Bonchev–Trinajstić information content (AvgIpc) is 2.96. The fourth-order valence-corrected chi connectivity index (χ4v) is 4.50. The second-order valence-electron chi connectivity index (χ2n) is 9.86. The maximum atomic E-state index is 13.2. The van der Waals surface area contributed by atoms with E-state index in [1.165, 1.54) is 24.3 Å². The molecule has 3 amide bonds. The van der Waals surface area contributed by atoms with Crippen molar-refractivity contribution in [1.29, 1.82) is 0 Å². The predicted molar refractivity (Wildman–Crippen MR) is 157 cm³/mol. The van der Waals surface area contributed by atoms with Gasteiger partial charge in [0.25, 0.3) is 11.6 Å². The van der Waals surface area contributed by atoms with Crippen LogP contribution in [0.2, 0.25) is 0 Å². The molecule has 0 radical (unpaired) electrons. The van der Waals surface area contributed by atoms with Crippen molar-refractivity contribution in [1.82, 2.24) is 5.32 Å². The van der Waals surface area contributed by atoms with Crippen molar-refractivity contribution in [2.45, 2.75) is 13.8 Å². The van der Waals surface area contributed by atoms with Crippen LogP contribution in [0, 0.1) is 16.0 Å². The predicted octanol–water partition coefficient (Wildman–Crippen LogP) is 4.96. The number of nitro benzene ring substituents is 1. The van der Waals surface area contributed by atoms with E-state index in [0.29, 0.717) is 36.6 Å². The van der Waals surface area contributed by atoms with Gasteiger partial charge in [-0.25, -0.2) is 4.79 Å². The Kier molecular flexibility index (Phi) is 9.05. The summed E-state index contributed by atoms with van der Waals surface area (Å²) in [6.45, 7) is 7.50. The van der Waals surface area contributed by atoms with Crippen molar-refractivity contribution in [3.63, 3.8) is 0 Å². The number of hydrogen-bond acceptors (Lipinski definition) is 7. The Labute approximate surface area is 233 Å². The summed E-state index contributed by atoms with van der Waals surface area (Å²) in [5.74, 6) is 0.896. The summed E-state index contributed by atoms with van der Waals surface area (Å²) in [7, 11) is 1.67. The molecule has 1 aliphatic heterocycles. The number of carbonyl (C=O) groups excluding carboxylic acids is 2. The Hall–Kier alpha value is -4.80. The first-order valence-electron chi connectivity index (χ1n) is 13.1. The van der Waals surface area contributed by atoms with Crippen molar-refractivity contribution in [3.05, 3.63) is 82.4 Å². The second-order valence-corrected chi connectivity index (χ2v) is 9.86. The van der Waals surface area contributed by atoms with E-state index in [9.17, 15) is 19.7 Å². The standard InChI is InChI=1S/C29H34N6O5/c1-20(2)19-30-28(36)24-18-22(32-29(37)31-21-8-11-23(12-9-21)35(38)39)10-13-25(24)33-14-16-34(17-15-33)26-6-4-5-7-27(26)40-3/h4-13,18,20H,14-17,19H2,1-3H3,(H,30,36)(H2,31,32,37). The van der Waals surface area contributed by atoms with Crippen molar-refractivity contribution in [3.8, 4) is 5.75 Å². The molecular weight excluding hydrogens is 512 g/mol. The van der Waals surface area contributed by atoms with Crippen molar-refractivity contribution >= 4 is 40.4 Å². The summed E-state index contributed by atoms with van der Waals surface area (Å²) in [6, 6.07) is 18.2. The van der Waals surface area contributed by atoms with Crippen LogP contribution in [0.1, 0.15) is 24.2 Å². The van der Waals surface area contributed by atoms with Gasteiger partial charge in [-0.15, -0.1) is 0 Å². The third kappa shape index (κ3) is 6.99. The van der Waals surface area contributed by atoms with Gasteiger partial charge in [0, 0.05) is 61.9 Å². The lowest BCUT2D eigenvalue weighted by Gasteiger charge is -2.38. The molecule has 1 heterocycles. The van der Waals surface area contributed by atoms with Gasteiger partial charge in [0.15, 0.2) is 0 Å². The fraction of sp³-hybridized carbons (Fsp3) is 0.310. The Morgan fingerprint density at radius 2 is 1.50 bits per heavy atom. The highest BCUT2D eigenvalue weighted by molar-refractivity contribution is 6.04. The maximum Gasteiger partial charge on any atom is 0.323 e. The average molecular weight is 547 g/mol. The van der Waals surface area contributed by atoms with Gasteiger partial charge in [-0.1, -0.05) is 26.0 Å². The third-order valence-electron chi connectivity index (χ3n) is 6.55. The van der Waals surface area contributed by atoms with Crippen LogP contribution < -0.4 is 30.5 Å². The lowest BCUT2D eigenvalue weighted by molar-refractivity contribution is -0.384. The number of urea groups is 1. The van der Waals surface area contributed by atoms with Gasteiger partial charge in [0.2, 0.25) is 0 Å². The monoisotopic (exact) mass is 546 g/mol. The van der Waals surface area contributed by atoms with E-state index in [-0.39, 0.29) is 17.5 Å². The number of nitrogens with one attached hydrogen (secondary N) is 3. The van der Waals surface area contributed by atoms with Crippen molar-refractivity contribution in [2.75, 3.05) is 60.3 Å². The largest absolute Gasteiger partial charge is 0.495 e. The van der Waals surface area contributed by atoms with E-state index in [0.717, 1.165) is 30.2 Å². The van der Waals surface area contributed by atoms with Crippen molar-refractivity contribution < 1.29 is 19.2 Å². The highest BCUT2D eigenvalue weighted by Crippen LogP contribution is 2.31. The van der Waals surface area contributed by atoms with Crippen LogP contribution in [0.25, 0.3) is 0 Å². The normalized spacial score (nSPS) is 13.1. The number of nitrogens with zero attached hydrogens (tertiary/aromatic N) is 3. The molecule has 0 bridgehead atoms. The van der Waals surface area contributed by atoms with E-state index in [1.54, 1.807) is 19.2 Å². The molecule has 3 N–H and O–H groups in total. The molecule has 1 fully saturated rings. The van der Waals surface area contributed by atoms with Crippen LogP contribution in [0.4, 0.5) is 33.2 Å². The first kappa shape index (κ1) is 28.2.